The van der Waals surface area contributed by atoms with Crippen molar-refractivity contribution in [2.45, 2.75) is 37.8 Å². The average molecular weight is 256 g/mol. The number of aliphatic hydroxyl groups is 1. The number of imidazole rings is 1. The number of aromatic amines is 1. The van der Waals surface area contributed by atoms with Gasteiger partial charge in [-0.25, -0.2) is 9.97 Å². The van der Waals surface area contributed by atoms with E-state index in [-0.39, 0.29) is 6.10 Å². The molecule has 3 aromatic rings. The SMILES string of the molecule is OC1CCCC(n2cnc3cnc4[nH]ccc4c32)C1. The molecule has 1 aliphatic carbocycles. The maximum Gasteiger partial charge on any atom is 0.139 e. The van der Waals surface area contributed by atoms with Crippen LogP contribution >= 0.6 is 0 Å². The Kier molecular flexibility index (Phi) is 2.35. The first-order valence-corrected chi connectivity index (χ1v) is 6.79. The third-order valence-electron chi connectivity index (χ3n) is 4.13. The Balaban J connectivity index is 1.91. The Labute approximate surface area is 110 Å². The molecule has 1 saturated carbocycles. The molecule has 0 aliphatic heterocycles. The molecule has 19 heavy (non-hydrogen) atoms. The lowest BCUT2D eigenvalue weighted by molar-refractivity contribution is 0.105. The van der Waals surface area contributed by atoms with Crippen molar-refractivity contribution in [3.8, 4) is 0 Å². The summed E-state index contributed by atoms with van der Waals surface area (Å²) >= 11 is 0. The Morgan fingerprint density at radius 2 is 2.26 bits per heavy atom. The fourth-order valence-corrected chi connectivity index (χ4v) is 3.20. The van der Waals surface area contributed by atoms with E-state index in [0.29, 0.717) is 6.04 Å². The number of fused-ring (bicyclic) bond motifs is 3. The molecule has 98 valence electrons. The van der Waals surface area contributed by atoms with Gasteiger partial charge in [-0.2, -0.15) is 0 Å². The van der Waals surface area contributed by atoms with Crippen LogP contribution in [0, 0.1) is 0 Å². The number of nitrogens with zero attached hydrogens (tertiary/aromatic N) is 3. The zero-order valence-electron chi connectivity index (χ0n) is 10.6. The molecule has 5 heteroatoms. The summed E-state index contributed by atoms with van der Waals surface area (Å²) in [5, 5.41) is 11.0. The minimum atomic E-state index is -0.181. The van der Waals surface area contributed by atoms with Crippen molar-refractivity contribution in [1.29, 1.82) is 0 Å². The van der Waals surface area contributed by atoms with Crippen LogP contribution in [0.3, 0.4) is 0 Å². The highest BCUT2D eigenvalue weighted by atomic mass is 16.3. The molecule has 0 saturated heterocycles. The summed E-state index contributed by atoms with van der Waals surface area (Å²) in [6.45, 7) is 0. The van der Waals surface area contributed by atoms with E-state index in [1.165, 1.54) is 0 Å². The van der Waals surface area contributed by atoms with Gasteiger partial charge in [0.25, 0.3) is 0 Å². The Bertz CT molecular complexity index is 729. The van der Waals surface area contributed by atoms with Crippen molar-refractivity contribution in [1.82, 2.24) is 19.5 Å². The minimum Gasteiger partial charge on any atom is -0.393 e. The van der Waals surface area contributed by atoms with Crippen molar-refractivity contribution in [2.24, 2.45) is 0 Å². The molecule has 1 fully saturated rings. The number of hydrogen-bond acceptors (Lipinski definition) is 3. The largest absolute Gasteiger partial charge is 0.393 e. The maximum absolute atomic E-state index is 9.87. The minimum absolute atomic E-state index is 0.181. The predicted molar refractivity (Wildman–Crippen MR) is 72.9 cm³/mol. The van der Waals surface area contributed by atoms with Crippen LogP contribution in [0.2, 0.25) is 0 Å². The Morgan fingerprint density at radius 3 is 3.16 bits per heavy atom. The van der Waals surface area contributed by atoms with E-state index >= 15 is 0 Å². The molecule has 0 radical (unpaired) electrons. The quantitative estimate of drug-likeness (QED) is 0.702. The maximum atomic E-state index is 9.87. The highest BCUT2D eigenvalue weighted by Gasteiger charge is 2.23. The lowest BCUT2D eigenvalue weighted by Gasteiger charge is -2.27. The highest BCUT2D eigenvalue weighted by Crippen LogP contribution is 2.33. The first kappa shape index (κ1) is 11.0. The van der Waals surface area contributed by atoms with Crippen molar-refractivity contribution in [2.75, 3.05) is 0 Å². The van der Waals surface area contributed by atoms with E-state index in [4.69, 9.17) is 0 Å². The molecule has 0 amide bonds. The van der Waals surface area contributed by atoms with Crippen LogP contribution in [-0.2, 0) is 0 Å². The van der Waals surface area contributed by atoms with Gasteiger partial charge in [0.15, 0.2) is 0 Å². The lowest BCUT2D eigenvalue weighted by atomic mass is 9.93. The molecule has 0 bridgehead atoms. The van der Waals surface area contributed by atoms with Gasteiger partial charge < -0.3 is 14.7 Å². The second kappa shape index (κ2) is 4.06. The topological polar surface area (TPSA) is 66.7 Å². The van der Waals surface area contributed by atoms with E-state index in [0.717, 1.165) is 47.8 Å². The van der Waals surface area contributed by atoms with Gasteiger partial charge in [0, 0.05) is 17.6 Å². The molecule has 3 aromatic heterocycles. The van der Waals surface area contributed by atoms with Crippen molar-refractivity contribution < 1.29 is 5.11 Å². The van der Waals surface area contributed by atoms with Crippen molar-refractivity contribution >= 4 is 22.1 Å². The molecule has 4 rings (SSSR count). The average Bonchev–Trinajstić information content (AvgIpc) is 3.04. The lowest BCUT2D eigenvalue weighted by Crippen LogP contribution is -2.22. The number of nitrogens with one attached hydrogen (secondary N) is 1. The van der Waals surface area contributed by atoms with Gasteiger partial charge in [0.05, 0.1) is 24.1 Å². The standard InChI is InChI=1S/C14H16N4O/c19-10-3-1-2-9(6-10)18-8-17-12-7-16-14-11(13(12)18)4-5-15-14/h4-5,7-10,19H,1-3,6H2,(H,15,16). The van der Waals surface area contributed by atoms with Crippen LogP contribution in [-0.4, -0.2) is 30.7 Å². The molecule has 2 unspecified atom stereocenters. The Morgan fingerprint density at radius 1 is 1.32 bits per heavy atom. The van der Waals surface area contributed by atoms with Gasteiger partial charge in [0.2, 0.25) is 0 Å². The number of H-pyrrole nitrogens is 1. The number of pyridine rings is 1. The van der Waals surface area contributed by atoms with E-state index in [9.17, 15) is 5.11 Å². The molecule has 2 N–H and O–H groups in total. The van der Waals surface area contributed by atoms with Gasteiger partial charge in [-0.15, -0.1) is 0 Å². The molecule has 0 aromatic carbocycles. The summed E-state index contributed by atoms with van der Waals surface area (Å²) in [7, 11) is 0. The van der Waals surface area contributed by atoms with Gasteiger partial charge >= 0.3 is 0 Å². The first-order chi connectivity index (χ1) is 9.33. The second-order valence-corrected chi connectivity index (χ2v) is 5.36. The highest BCUT2D eigenvalue weighted by molar-refractivity contribution is 6.00. The van der Waals surface area contributed by atoms with Gasteiger partial charge in [-0.1, -0.05) is 0 Å². The van der Waals surface area contributed by atoms with Crippen molar-refractivity contribution in [3.63, 3.8) is 0 Å². The predicted octanol–water partition coefficient (Wildman–Crippen LogP) is 2.39. The van der Waals surface area contributed by atoms with Crippen LogP contribution in [0.4, 0.5) is 0 Å². The van der Waals surface area contributed by atoms with E-state index in [2.05, 4.69) is 19.5 Å². The molecule has 2 atom stereocenters. The number of hydrogen-bond donors (Lipinski definition) is 2. The van der Waals surface area contributed by atoms with Crippen LogP contribution in [0.25, 0.3) is 22.1 Å². The van der Waals surface area contributed by atoms with Gasteiger partial charge in [-0.05, 0) is 31.7 Å². The molecular weight excluding hydrogens is 240 g/mol. The molecule has 0 spiro atoms. The zero-order chi connectivity index (χ0) is 12.8. The second-order valence-electron chi connectivity index (χ2n) is 5.36. The number of rotatable bonds is 1. The summed E-state index contributed by atoms with van der Waals surface area (Å²) in [4.78, 5) is 12.0. The fraction of sp³-hybridized carbons (Fsp3) is 0.429. The third-order valence-corrected chi connectivity index (χ3v) is 4.13. The smallest absolute Gasteiger partial charge is 0.139 e. The molecular formula is C14H16N4O. The monoisotopic (exact) mass is 256 g/mol. The normalized spacial score (nSPS) is 24.3. The van der Waals surface area contributed by atoms with E-state index < -0.39 is 0 Å². The summed E-state index contributed by atoms with van der Waals surface area (Å²) in [6.07, 6.45) is 9.35. The summed E-state index contributed by atoms with van der Waals surface area (Å²) in [6, 6.07) is 2.39. The van der Waals surface area contributed by atoms with Crippen LogP contribution in [0.1, 0.15) is 31.7 Å². The molecule has 1 aliphatic rings. The zero-order valence-corrected chi connectivity index (χ0v) is 10.6. The third kappa shape index (κ3) is 1.65. The van der Waals surface area contributed by atoms with E-state index in [1.54, 1.807) is 0 Å². The summed E-state index contributed by atoms with van der Waals surface area (Å²) in [5.74, 6) is 0. The number of aliphatic hydroxyl groups excluding tert-OH is 1. The molecule has 3 heterocycles. The van der Waals surface area contributed by atoms with Gasteiger partial charge in [0.1, 0.15) is 11.2 Å². The fourth-order valence-electron chi connectivity index (χ4n) is 3.20. The number of aromatic nitrogens is 4. The van der Waals surface area contributed by atoms with Crippen LogP contribution in [0.5, 0.6) is 0 Å². The first-order valence-electron chi connectivity index (χ1n) is 6.79. The van der Waals surface area contributed by atoms with Crippen LogP contribution < -0.4 is 0 Å². The summed E-state index contributed by atoms with van der Waals surface area (Å²) < 4.78 is 2.22. The van der Waals surface area contributed by atoms with Gasteiger partial charge in [-0.3, -0.25) is 0 Å². The van der Waals surface area contributed by atoms with Crippen molar-refractivity contribution in [3.05, 3.63) is 24.8 Å². The van der Waals surface area contributed by atoms with E-state index in [1.807, 2.05) is 24.8 Å². The molecule has 5 nitrogen and oxygen atoms in total. The van der Waals surface area contributed by atoms with Crippen LogP contribution in [0.15, 0.2) is 24.8 Å². The Hall–Kier alpha value is -1.88. The summed E-state index contributed by atoms with van der Waals surface area (Å²) in [5.41, 5.74) is 2.95.